The van der Waals surface area contributed by atoms with Gasteiger partial charge in [-0.1, -0.05) is 17.7 Å². The predicted octanol–water partition coefficient (Wildman–Crippen LogP) is 4.92. The number of piperidine rings is 1. The van der Waals surface area contributed by atoms with Gasteiger partial charge in [0.2, 0.25) is 0 Å². The molecule has 0 atom stereocenters. The van der Waals surface area contributed by atoms with Gasteiger partial charge in [-0.05, 0) is 62.8 Å². The summed E-state index contributed by atoms with van der Waals surface area (Å²) in [6, 6.07) is 7.88. The van der Waals surface area contributed by atoms with Crippen LogP contribution in [0.15, 0.2) is 36.5 Å². The van der Waals surface area contributed by atoms with E-state index in [1.54, 1.807) is 4.90 Å². The van der Waals surface area contributed by atoms with Gasteiger partial charge in [-0.3, -0.25) is 19.9 Å². The van der Waals surface area contributed by atoms with Crippen LogP contribution < -0.4 is 0 Å². The minimum Gasteiger partial charge on any atom is -0.338 e. The van der Waals surface area contributed by atoms with Crippen LogP contribution in [0.5, 0.6) is 0 Å². The molecule has 1 aliphatic heterocycles. The lowest BCUT2D eigenvalue weighted by atomic mass is 9.87. The van der Waals surface area contributed by atoms with Gasteiger partial charge in [0.1, 0.15) is 10.7 Å². The molecular formula is C21H23ClFN3O3. The summed E-state index contributed by atoms with van der Waals surface area (Å²) in [6.07, 6.45) is 4.25. The first-order chi connectivity index (χ1) is 13.8. The van der Waals surface area contributed by atoms with Crippen molar-refractivity contribution in [2.75, 3.05) is 13.1 Å². The number of carbonyl (C=O) groups excluding carboxylic acids is 1. The molecule has 8 heteroatoms. The Hall–Kier alpha value is -2.54. The summed E-state index contributed by atoms with van der Waals surface area (Å²) in [5.74, 6) is -0.285. The van der Waals surface area contributed by atoms with Crippen molar-refractivity contribution in [1.82, 2.24) is 9.88 Å². The van der Waals surface area contributed by atoms with Gasteiger partial charge in [-0.25, -0.2) is 4.39 Å². The number of pyridine rings is 1. The Morgan fingerprint density at radius 1 is 1.31 bits per heavy atom. The molecule has 0 spiro atoms. The van der Waals surface area contributed by atoms with Gasteiger partial charge in [-0.15, -0.1) is 0 Å². The van der Waals surface area contributed by atoms with Crippen LogP contribution in [0.25, 0.3) is 0 Å². The Balaban J connectivity index is 1.52. The minimum absolute atomic E-state index is 0.0811. The van der Waals surface area contributed by atoms with E-state index in [1.165, 1.54) is 18.2 Å². The molecule has 29 heavy (non-hydrogen) atoms. The van der Waals surface area contributed by atoms with Gasteiger partial charge in [0.05, 0.1) is 4.92 Å². The van der Waals surface area contributed by atoms with E-state index in [2.05, 4.69) is 4.98 Å². The highest BCUT2D eigenvalue weighted by Crippen LogP contribution is 2.33. The van der Waals surface area contributed by atoms with Crippen molar-refractivity contribution in [3.8, 4) is 0 Å². The minimum atomic E-state index is -1.28. The van der Waals surface area contributed by atoms with Crippen LogP contribution in [0, 0.1) is 17.0 Å². The molecule has 154 valence electrons. The third-order valence-corrected chi connectivity index (χ3v) is 5.67. The fraction of sp³-hybridized carbons (Fsp3) is 0.429. The van der Waals surface area contributed by atoms with Crippen LogP contribution in [0.4, 0.5) is 10.1 Å². The zero-order chi connectivity index (χ0) is 21.0. The summed E-state index contributed by atoms with van der Waals surface area (Å²) < 4.78 is 15.1. The number of nitro benzene ring substituents is 1. The second-order valence-corrected chi connectivity index (χ2v) is 7.95. The van der Waals surface area contributed by atoms with Gasteiger partial charge in [0.25, 0.3) is 11.6 Å². The largest absolute Gasteiger partial charge is 0.338 e. The van der Waals surface area contributed by atoms with Crippen LogP contribution in [0.1, 0.15) is 47.3 Å². The standard InChI is InChI=1S/C21H23ClFN3O3/c1-15-4-6-17(24-14-15)3-2-8-21(23)9-11-25(12-10-21)20(27)16-5-7-19(26(28)29)18(22)13-16/h4-7,13-14H,2-3,8-12H2,1H3. The first-order valence-electron chi connectivity index (χ1n) is 9.61. The average Bonchev–Trinajstić information content (AvgIpc) is 2.69. The van der Waals surface area contributed by atoms with Gasteiger partial charge in [-0.2, -0.15) is 0 Å². The molecule has 1 aromatic heterocycles. The number of hydrogen-bond donors (Lipinski definition) is 0. The zero-order valence-electron chi connectivity index (χ0n) is 16.2. The molecule has 2 aromatic rings. The number of nitro groups is 1. The molecule has 2 heterocycles. The van der Waals surface area contributed by atoms with E-state index >= 15 is 4.39 Å². The van der Waals surface area contributed by atoms with Gasteiger partial charge >= 0.3 is 0 Å². The fourth-order valence-corrected chi connectivity index (χ4v) is 3.81. The maximum Gasteiger partial charge on any atom is 0.287 e. The summed E-state index contributed by atoms with van der Waals surface area (Å²) in [4.78, 5) is 28.8. The summed E-state index contributed by atoms with van der Waals surface area (Å²) >= 11 is 5.89. The summed E-state index contributed by atoms with van der Waals surface area (Å²) in [5, 5.41) is 10.8. The molecule has 3 rings (SSSR count). The Kier molecular flexibility index (Phi) is 6.47. The van der Waals surface area contributed by atoms with E-state index in [4.69, 9.17) is 11.6 Å². The molecule has 1 saturated heterocycles. The molecule has 0 saturated carbocycles. The number of benzene rings is 1. The number of rotatable bonds is 6. The lowest BCUT2D eigenvalue weighted by molar-refractivity contribution is -0.384. The first kappa shape index (κ1) is 21.2. The normalized spacial score (nSPS) is 15.9. The number of alkyl halides is 1. The van der Waals surface area contributed by atoms with Crippen molar-refractivity contribution in [1.29, 1.82) is 0 Å². The number of amides is 1. The SMILES string of the molecule is Cc1ccc(CCCC2(F)CCN(C(=O)c3ccc([N+](=O)[O-])c(Cl)c3)CC2)nc1. The Morgan fingerprint density at radius 3 is 2.62 bits per heavy atom. The van der Waals surface area contributed by atoms with Gasteiger partial charge < -0.3 is 4.90 Å². The van der Waals surface area contributed by atoms with E-state index in [1.807, 2.05) is 25.3 Å². The Labute approximate surface area is 173 Å². The highest BCUT2D eigenvalue weighted by molar-refractivity contribution is 6.33. The van der Waals surface area contributed by atoms with Crippen LogP contribution in [-0.4, -0.2) is 39.5 Å². The lowest BCUT2D eigenvalue weighted by Crippen LogP contribution is -2.44. The second kappa shape index (κ2) is 8.86. The average molecular weight is 420 g/mol. The van der Waals surface area contributed by atoms with Crippen molar-refractivity contribution in [3.63, 3.8) is 0 Å². The number of halogens is 2. The lowest BCUT2D eigenvalue weighted by Gasteiger charge is -2.36. The van der Waals surface area contributed by atoms with Crippen molar-refractivity contribution in [3.05, 3.63) is 68.5 Å². The first-order valence-corrected chi connectivity index (χ1v) is 9.99. The molecule has 1 aliphatic rings. The molecule has 1 aromatic carbocycles. The number of likely N-dealkylation sites (tertiary alicyclic amines) is 1. The van der Waals surface area contributed by atoms with Crippen molar-refractivity contribution in [2.24, 2.45) is 0 Å². The fourth-order valence-electron chi connectivity index (χ4n) is 3.56. The smallest absolute Gasteiger partial charge is 0.287 e. The predicted molar refractivity (Wildman–Crippen MR) is 109 cm³/mol. The third-order valence-electron chi connectivity index (χ3n) is 5.37. The maximum atomic E-state index is 15.1. The van der Waals surface area contributed by atoms with E-state index < -0.39 is 10.6 Å². The van der Waals surface area contributed by atoms with Crippen LogP contribution in [0.3, 0.4) is 0 Å². The summed E-state index contributed by atoms with van der Waals surface area (Å²) in [7, 11) is 0. The third kappa shape index (κ3) is 5.29. The molecular weight excluding hydrogens is 397 g/mol. The van der Waals surface area contributed by atoms with Crippen molar-refractivity contribution in [2.45, 2.75) is 44.7 Å². The molecule has 0 radical (unpaired) electrons. The van der Waals surface area contributed by atoms with Crippen LogP contribution in [0.2, 0.25) is 5.02 Å². The second-order valence-electron chi connectivity index (χ2n) is 7.55. The van der Waals surface area contributed by atoms with E-state index in [-0.39, 0.29) is 35.0 Å². The van der Waals surface area contributed by atoms with E-state index in [9.17, 15) is 14.9 Å². The zero-order valence-corrected chi connectivity index (χ0v) is 17.0. The van der Waals surface area contributed by atoms with Crippen molar-refractivity contribution < 1.29 is 14.1 Å². The quantitative estimate of drug-likeness (QED) is 0.492. The van der Waals surface area contributed by atoms with Crippen molar-refractivity contribution >= 4 is 23.2 Å². The monoisotopic (exact) mass is 419 g/mol. The van der Waals surface area contributed by atoms with Gasteiger partial charge in [0, 0.05) is 36.6 Å². The van der Waals surface area contributed by atoms with Crippen LogP contribution >= 0.6 is 11.6 Å². The highest BCUT2D eigenvalue weighted by atomic mass is 35.5. The highest BCUT2D eigenvalue weighted by Gasteiger charge is 2.35. The van der Waals surface area contributed by atoms with E-state index in [0.29, 0.717) is 25.9 Å². The van der Waals surface area contributed by atoms with Gasteiger partial charge in [0.15, 0.2) is 0 Å². The van der Waals surface area contributed by atoms with Crippen LogP contribution in [-0.2, 0) is 6.42 Å². The molecule has 1 fully saturated rings. The molecule has 0 N–H and O–H groups in total. The summed E-state index contributed by atoms with van der Waals surface area (Å²) in [5.41, 5.74) is 0.809. The number of aryl methyl sites for hydroxylation is 2. The Bertz CT molecular complexity index is 897. The molecule has 0 unspecified atom stereocenters. The number of aromatic nitrogens is 1. The van der Waals surface area contributed by atoms with E-state index in [0.717, 1.165) is 17.7 Å². The molecule has 0 aliphatic carbocycles. The number of carbonyl (C=O) groups is 1. The molecule has 6 nitrogen and oxygen atoms in total. The molecule has 0 bridgehead atoms. The number of nitrogens with zero attached hydrogens (tertiary/aromatic N) is 3. The topological polar surface area (TPSA) is 76.3 Å². The Morgan fingerprint density at radius 2 is 2.03 bits per heavy atom. The summed E-state index contributed by atoms with van der Waals surface area (Å²) in [6.45, 7) is 2.60. The molecule has 1 amide bonds. The number of hydrogen-bond acceptors (Lipinski definition) is 4. The maximum absolute atomic E-state index is 15.1.